The van der Waals surface area contributed by atoms with E-state index in [0.29, 0.717) is 23.9 Å². The number of carbonyl (C=O) groups excluding carboxylic acids is 2. The fraction of sp³-hybridized carbons (Fsp3) is 0.545. The summed E-state index contributed by atoms with van der Waals surface area (Å²) in [6, 6.07) is 5.63. The molecular formula is C22H30ClNO4. The summed E-state index contributed by atoms with van der Waals surface area (Å²) in [4.78, 5) is 26.2. The lowest BCUT2D eigenvalue weighted by Gasteiger charge is -2.06. The number of fused-ring (bicyclic) bond motifs is 1. The number of hydrogen-bond acceptors (Lipinski definition) is 4. The van der Waals surface area contributed by atoms with E-state index in [9.17, 15) is 9.59 Å². The van der Waals surface area contributed by atoms with Crippen LogP contribution in [0.2, 0.25) is 5.02 Å². The summed E-state index contributed by atoms with van der Waals surface area (Å²) >= 11 is 6.15. The molecule has 0 saturated heterocycles. The Hall–Kier alpha value is -2.01. The van der Waals surface area contributed by atoms with E-state index in [4.69, 9.17) is 21.1 Å². The second kappa shape index (κ2) is 11.7. The Balaban J connectivity index is 1.81. The van der Waals surface area contributed by atoms with Crippen molar-refractivity contribution in [2.75, 3.05) is 13.2 Å². The maximum absolute atomic E-state index is 12.3. The van der Waals surface area contributed by atoms with E-state index in [-0.39, 0.29) is 11.9 Å². The summed E-state index contributed by atoms with van der Waals surface area (Å²) < 4.78 is 10.1. The molecule has 6 heteroatoms. The lowest BCUT2D eigenvalue weighted by molar-refractivity contribution is -0.141. The molecule has 1 aromatic heterocycles. The number of aromatic nitrogens is 1. The summed E-state index contributed by atoms with van der Waals surface area (Å²) in [5.74, 6) is -0.515. The van der Waals surface area contributed by atoms with Crippen molar-refractivity contribution in [3.05, 3.63) is 34.5 Å². The Morgan fingerprint density at radius 2 is 1.68 bits per heavy atom. The van der Waals surface area contributed by atoms with Crippen LogP contribution in [0.15, 0.2) is 18.2 Å². The fourth-order valence-corrected chi connectivity index (χ4v) is 3.53. The number of carbonyl (C=O) groups is 2. The summed E-state index contributed by atoms with van der Waals surface area (Å²) in [6.45, 7) is 4.12. The lowest BCUT2D eigenvalue weighted by Crippen LogP contribution is -2.08. The first-order valence-corrected chi connectivity index (χ1v) is 10.5. The van der Waals surface area contributed by atoms with Gasteiger partial charge in [0.2, 0.25) is 0 Å². The highest BCUT2D eigenvalue weighted by Gasteiger charge is 2.18. The molecule has 1 aromatic carbocycles. The number of benzene rings is 1. The zero-order chi connectivity index (χ0) is 20.4. The number of ether oxygens (including phenoxy) is 2. The summed E-state index contributed by atoms with van der Waals surface area (Å²) in [7, 11) is 0. The average molecular weight is 408 g/mol. The molecule has 2 rings (SSSR count). The van der Waals surface area contributed by atoms with Crippen molar-refractivity contribution in [3.8, 4) is 0 Å². The van der Waals surface area contributed by atoms with Crippen LogP contribution in [0.1, 0.15) is 74.8 Å². The van der Waals surface area contributed by atoms with Gasteiger partial charge in [0.1, 0.15) is 5.69 Å². The molecule has 154 valence electrons. The molecule has 0 bridgehead atoms. The molecule has 0 aliphatic heterocycles. The Morgan fingerprint density at radius 1 is 1.00 bits per heavy atom. The second-order valence-electron chi connectivity index (χ2n) is 6.95. The van der Waals surface area contributed by atoms with Gasteiger partial charge in [-0.1, -0.05) is 43.7 Å². The van der Waals surface area contributed by atoms with E-state index in [1.807, 2.05) is 25.1 Å². The Morgan fingerprint density at radius 3 is 2.36 bits per heavy atom. The molecule has 0 spiro atoms. The average Bonchev–Trinajstić information content (AvgIpc) is 3.01. The molecule has 0 atom stereocenters. The van der Waals surface area contributed by atoms with Crippen molar-refractivity contribution in [2.24, 2.45) is 0 Å². The number of hydrogen-bond donors (Lipinski definition) is 1. The molecule has 0 fully saturated rings. The van der Waals surface area contributed by atoms with Crippen molar-refractivity contribution < 1.29 is 19.1 Å². The number of unbranched alkanes of at least 4 members (excludes halogenated alkanes) is 6. The highest BCUT2D eigenvalue weighted by molar-refractivity contribution is 6.31. The van der Waals surface area contributed by atoms with Crippen LogP contribution in [0.3, 0.4) is 0 Å². The third-order valence-electron chi connectivity index (χ3n) is 4.72. The highest BCUT2D eigenvalue weighted by Crippen LogP contribution is 2.28. The largest absolute Gasteiger partial charge is 0.466 e. The van der Waals surface area contributed by atoms with Gasteiger partial charge in [-0.25, -0.2) is 4.79 Å². The predicted octanol–water partition coefficient (Wildman–Crippen LogP) is 5.83. The van der Waals surface area contributed by atoms with E-state index in [1.165, 1.54) is 13.3 Å². The highest BCUT2D eigenvalue weighted by atomic mass is 35.5. The van der Waals surface area contributed by atoms with Gasteiger partial charge in [-0.2, -0.15) is 0 Å². The van der Waals surface area contributed by atoms with Gasteiger partial charge in [0, 0.05) is 22.8 Å². The van der Waals surface area contributed by atoms with Crippen molar-refractivity contribution in [2.45, 2.75) is 65.2 Å². The van der Waals surface area contributed by atoms with Gasteiger partial charge >= 0.3 is 11.9 Å². The number of halogens is 1. The number of H-pyrrole nitrogens is 1. The first-order chi connectivity index (χ1) is 13.5. The van der Waals surface area contributed by atoms with Crippen molar-refractivity contribution in [1.82, 2.24) is 4.98 Å². The number of aromatic amines is 1. The van der Waals surface area contributed by atoms with E-state index < -0.39 is 0 Å². The molecule has 5 nitrogen and oxygen atoms in total. The van der Waals surface area contributed by atoms with Gasteiger partial charge in [0.05, 0.1) is 13.2 Å². The van der Waals surface area contributed by atoms with E-state index in [2.05, 4.69) is 4.98 Å². The molecule has 0 amide bonds. The maximum Gasteiger partial charge on any atom is 0.355 e. The minimum absolute atomic E-state index is 0.208. The van der Waals surface area contributed by atoms with Crippen LogP contribution in [0.25, 0.3) is 10.9 Å². The van der Waals surface area contributed by atoms with Crippen molar-refractivity contribution >= 4 is 34.4 Å². The number of rotatable bonds is 12. The van der Waals surface area contributed by atoms with Crippen LogP contribution in [0, 0.1) is 0 Å². The van der Waals surface area contributed by atoms with E-state index >= 15 is 0 Å². The van der Waals surface area contributed by atoms with Gasteiger partial charge in [-0.05, 0) is 49.9 Å². The first kappa shape index (κ1) is 22.3. The van der Waals surface area contributed by atoms with Crippen LogP contribution < -0.4 is 0 Å². The maximum atomic E-state index is 12.3. The predicted molar refractivity (Wildman–Crippen MR) is 112 cm³/mol. The van der Waals surface area contributed by atoms with Crippen LogP contribution in [0.4, 0.5) is 0 Å². The number of esters is 2. The van der Waals surface area contributed by atoms with Gasteiger partial charge in [0.15, 0.2) is 0 Å². The molecule has 0 aliphatic rings. The summed E-state index contributed by atoms with van der Waals surface area (Å²) in [6.07, 6.45) is 8.44. The van der Waals surface area contributed by atoms with Crippen LogP contribution in [-0.4, -0.2) is 30.1 Å². The van der Waals surface area contributed by atoms with Crippen LogP contribution in [0.5, 0.6) is 0 Å². The van der Waals surface area contributed by atoms with Crippen LogP contribution in [-0.2, 0) is 20.7 Å². The molecule has 28 heavy (non-hydrogen) atoms. The molecule has 0 aliphatic carbocycles. The molecule has 1 heterocycles. The van der Waals surface area contributed by atoms with Crippen molar-refractivity contribution in [3.63, 3.8) is 0 Å². The number of aryl methyl sites for hydroxylation is 1. The number of nitrogens with one attached hydrogen (secondary N) is 1. The van der Waals surface area contributed by atoms with E-state index in [1.54, 1.807) is 0 Å². The van der Waals surface area contributed by atoms with Crippen molar-refractivity contribution in [1.29, 1.82) is 0 Å². The zero-order valence-electron chi connectivity index (χ0n) is 16.8. The monoisotopic (exact) mass is 407 g/mol. The molecule has 0 saturated carbocycles. The quantitative estimate of drug-likeness (QED) is 0.354. The minimum Gasteiger partial charge on any atom is -0.466 e. The van der Waals surface area contributed by atoms with Gasteiger partial charge in [-0.15, -0.1) is 0 Å². The smallest absolute Gasteiger partial charge is 0.355 e. The standard InChI is InChI=1S/C22H30ClNO4/c1-3-27-22(26)21-18(19-15-17(23)12-13-20(19)24-21)11-9-7-5-4-6-8-10-14-28-16(2)25/h12-13,15,24H,3-11,14H2,1-2H3. The van der Waals surface area contributed by atoms with Gasteiger partial charge < -0.3 is 14.5 Å². The minimum atomic E-state index is -0.308. The Bertz CT molecular complexity index is 784. The van der Waals surface area contributed by atoms with Crippen LogP contribution >= 0.6 is 11.6 Å². The second-order valence-corrected chi connectivity index (χ2v) is 7.39. The molecule has 2 aromatic rings. The lowest BCUT2D eigenvalue weighted by atomic mass is 10.0. The SMILES string of the molecule is CCOC(=O)c1[nH]c2ccc(Cl)cc2c1CCCCCCCCCOC(C)=O. The Kier molecular flexibility index (Phi) is 9.35. The first-order valence-electron chi connectivity index (χ1n) is 10.1. The van der Waals surface area contributed by atoms with Gasteiger partial charge in [0.25, 0.3) is 0 Å². The molecular weight excluding hydrogens is 378 g/mol. The third-order valence-corrected chi connectivity index (χ3v) is 4.96. The topological polar surface area (TPSA) is 68.4 Å². The summed E-state index contributed by atoms with van der Waals surface area (Å²) in [5.41, 5.74) is 2.46. The zero-order valence-corrected chi connectivity index (χ0v) is 17.6. The summed E-state index contributed by atoms with van der Waals surface area (Å²) in [5, 5.41) is 1.66. The normalized spacial score (nSPS) is 11.0. The van der Waals surface area contributed by atoms with E-state index in [0.717, 1.165) is 61.4 Å². The third kappa shape index (κ3) is 6.86. The Labute approximate surface area is 171 Å². The molecule has 0 radical (unpaired) electrons. The van der Waals surface area contributed by atoms with Gasteiger partial charge in [-0.3, -0.25) is 4.79 Å². The fourth-order valence-electron chi connectivity index (χ4n) is 3.36. The molecule has 0 unspecified atom stereocenters. The molecule has 1 N–H and O–H groups in total.